The first kappa shape index (κ1) is 28.6. The lowest BCUT2D eigenvalue weighted by Gasteiger charge is -2.26. The van der Waals surface area contributed by atoms with E-state index in [1.807, 2.05) is 18.0 Å². The van der Waals surface area contributed by atoms with Crippen LogP contribution in [0.4, 0.5) is 0 Å². The summed E-state index contributed by atoms with van der Waals surface area (Å²) < 4.78 is 5.24. The number of imide groups is 1. The predicted molar refractivity (Wildman–Crippen MR) is 150 cm³/mol. The van der Waals surface area contributed by atoms with E-state index in [2.05, 4.69) is 41.1 Å². The van der Waals surface area contributed by atoms with E-state index in [1.165, 1.54) is 7.11 Å². The number of hydrogen-bond donors (Lipinski definition) is 2. The molecule has 40 heavy (non-hydrogen) atoms. The summed E-state index contributed by atoms with van der Waals surface area (Å²) in [4.78, 5) is 44.0. The van der Waals surface area contributed by atoms with E-state index in [1.54, 1.807) is 41.3 Å². The molecular formula is C30H35N5O5. The molecule has 2 aliphatic heterocycles. The first-order valence-corrected chi connectivity index (χ1v) is 13.3. The van der Waals surface area contributed by atoms with Gasteiger partial charge in [-0.05, 0) is 55.1 Å². The van der Waals surface area contributed by atoms with E-state index < -0.39 is 17.2 Å². The molecule has 2 aromatic rings. The monoisotopic (exact) mass is 545 g/mol. The van der Waals surface area contributed by atoms with Crippen molar-refractivity contribution in [1.82, 2.24) is 20.0 Å². The lowest BCUT2D eigenvalue weighted by molar-refractivity contribution is -0.127. The summed E-state index contributed by atoms with van der Waals surface area (Å²) in [7, 11) is 3.41. The van der Waals surface area contributed by atoms with Crippen LogP contribution in [-0.2, 0) is 16.1 Å². The summed E-state index contributed by atoms with van der Waals surface area (Å²) in [5.41, 5.74) is 1.33. The number of nitrogens with zero attached hydrogens (tertiary/aromatic N) is 4. The van der Waals surface area contributed by atoms with Gasteiger partial charge in [0.25, 0.3) is 5.91 Å². The molecule has 10 heteroatoms. The van der Waals surface area contributed by atoms with Crippen molar-refractivity contribution in [3.05, 3.63) is 64.7 Å². The quantitative estimate of drug-likeness (QED) is 0.124. The lowest BCUT2D eigenvalue weighted by Crippen LogP contribution is -2.42. The summed E-state index contributed by atoms with van der Waals surface area (Å²) in [5, 5.41) is 15.5. The van der Waals surface area contributed by atoms with Crippen molar-refractivity contribution in [2.24, 2.45) is 10.6 Å². The van der Waals surface area contributed by atoms with Crippen molar-refractivity contribution in [3.8, 4) is 17.6 Å². The summed E-state index contributed by atoms with van der Waals surface area (Å²) in [6.07, 6.45) is -0.126. The van der Waals surface area contributed by atoms with Crippen LogP contribution in [0.3, 0.4) is 0 Å². The van der Waals surface area contributed by atoms with Gasteiger partial charge in [0.15, 0.2) is 5.84 Å². The molecule has 0 unspecified atom stereocenters. The second kappa shape index (κ2) is 12.2. The Bertz CT molecular complexity index is 1370. The van der Waals surface area contributed by atoms with Crippen molar-refractivity contribution >= 4 is 23.6 Å². The fourth-order valence-electron chi connectivity index (χ4n) is 5.02. The van der Waals surface area contributed by atoms with Gasteiger partial charge in [0.05, 0.1) is 13.5 Å². The van der Waals surface area contributed by atoms with Crippen LogP contribution in [-0.4, -0.2) is 90.3 Å². The fourth-order valence-corrected chi connectivity index (χ4v) is 5.02. The molecule has 4 rings (SSSR count). The highest BCUT2D eigenvalue weighted by Gasteiger charge is 2.48. The number of ether oxygens (including phenoxy) is 1. The Labute approximate surface area is 234 Å². The average Bonchev–Trinajstić information content (AvgIpc) is 3.42. The van der Waals surface area contributed by atoms with Crippen LogP contribution in [0.15, 0.2) is 47.6 Å². The van der Waals surface area contributed by atoms with E-state index in [0.717, 1.165) is 30.8 Å². The molecule has 0 spiro atoms. The zero-order chi connectivity index (χ0) is 28.9. The molecule has 0 bridgehead atoms. The van der Waals surface area contributed by atoms with Crippen LogP contribution in [0.1, 0.15) is 47.3 Å². The van der Waals surface area contributed by atoms with Crippen LogP contribution in [0.25, 0.3) is 0 Å². The second-order valence-corrected chi connectivity index (χ2v) is 10.0. The van der Waals surface area contributed by atoms with Gasteiger partial charge in [0.1, 0.15) is 11.2 Å². The molecule has 0 aliphatic carbocycles. The van der Waals surface area contributed by atoms with Gasteiger partial charge >= 0.3 is 0 Å². The molecule has 1 fully saturated rings. The van der Waals surface area contributed by atoms with Gasteiger partial charge in [-0.3, -0.25) is 19.7 Å². The maximum atomic E-state index is 13.1. The van der Waals surface area contributed by atoms with E-state index >= 15 is 0 Å². The normalized spacial score (nSPS) is 18.5. The number of amides is 3. The minimum absolute atomic E-state index is 0.00979. The third kappa shape index (κ3) is 5.95. The number of likely N-dealkylation sites (N-methyl/N-ethyl adjacent to an activating group) is 2. The standard InChI is InChI=1S/C30H35N5O5/c1-5-34(6-2)16-15-33(3)27(32-39)22-9-7-21(8-10-22)13-14-30(18-26(36)31-29(30)38)20-35-19-23-11-12-24(40-4)17-25(23)28(35)37/h7-12,17,39H,5-6,15-16,18-20H2,1-4H3,(H,31,36,38)/b32-27-/t30-/m1/s1. The topological polar surface area (TPSA) is 115 Å². The first-order valence-electron chi connectivity index (χ1n) is 13.3. The molecular weight excluding hydrogens is 510 g/mol. The van der Waals surface area contributed by atoms with Crippen molar-refractivity contribution in [3.63, 3.8) is 0 Å². The predicted octanol–water partition coefficient (Wildman–Crippen LogP) is 2.14. The zero-order valence-electron chi connectivity index (χ0n) is 23.4. The maximum Gasteiger partial charge on any atom is 0.254 e. The zero-order valence-corrected chi connectivity index (χ0v) is 23.4. The Kier molecular flexibility index (Phi) is 8.75. The number of nitrogens with one attached hydrogen (secondary N) is 1. The molecule has 0 aromatic heterocycles. The van der Waals surface area contributed by atoms with Gasteiger partial charge in [-0.15, -0.1) is 0 Å². The van der Waals surface area contributed by atoms with Crippen molar-refractivity contribution in [2.45, 2.75) is 26.8 Å². The van der Waals surface area contributed by atoms with Gasteiger partial charge in [-0.25, -0.2) is 0 Å². The summed E-state index contributed by atoms with van der Waals surface area (Å²) in [6, 6.07) is 12.4. The Morgan fingerprint density at radius 2 is 1.85 bits per heavy atom. The molecule has 0 radical (unpaired) electrons. The molecule has 1 atom stereocenters. The minimum Gasteiger partial charge on any atom is -0.497 e. The van der Waals surface area contributed by atoms with E-state index in [0.29, 0.717) is 35.8 Å². The number of oxime groups is 1. The number of carbonyl (C=O) groups is 3. The molecule has 2 aromatic carbocycles. The van der Waals surface area contributed by atoms with Gasteiger partial charge in [-0.2, -0.15) is 0 Å². The average molecular weight is 546 g/mol. The Balaban J connectivity index is 1.52. The van der Waals surface area contributed by atoms with Crippen LogP contribution >= 0.6 is 0 Å². The van der Waals surface area contributed by atoms with Gasteiger partial charge in [0, 0.05) is 49.9 Å². The van der Waals surface area contributed by atoms with Crippen LogP contribution in [0.5, 0.6) is 5.75 Å². The number of fused-ring (bicyclic) bond motifs is 1. The van der Waals surface area contributed by atoms with Crippen LogP contribution < -0.4 is 10.1 Å². The minimum atomic E-state index is -1.36. The fraction of sp³-hybridized carbons (Fsp3) is 0.400. The van der Waals surface area contributed by atoms with E-state index in [4.69, 9.17) is 4.74 Å². The highest BCUT2D eigenvalue weighted by molar-refractivity contribution is 6.08. The van der Waals surface area contributed by atoms with E-state index in [9.17, 15) is 19.6 Å². The van der Waals surface area contributed by atoms with Gasteiger partial charge in [-0.1, -0.05) is 36.9 Å². The molecule has 2 heterocycles. The summed E-state index contributed by atoms with van der Waals surface area (Å²) in [5.74, 6) is 5.91. The second-order valence-electron chi connectivity index (χ2n) is 10.0. The number of methoxy groups -OCH3 is 1. The molecule has 0 saturated carbocycles. The smallest absolute Gasteiger partial charge is 0.254 e. The van der Waals surface area contributed by atoms with Crippen LogP contribution in [0.2, 0.25) is 0 Å². The third-order valence-electron chi connectivity index (χ3n) is 7.50. The number of amidine groups is 1. The molecule has 10 nitrogen and oxygen atoms in total. The number of carbonyl (C=O) groups excluding carboxylic acids is 3. The molecule has 1 saturated heterocycles. The van der Waals surface area contributed by atoms with E-state index in [-0.39, 0.29) is 18.9 Å². The Morgan fingerprint density at radius 3 is 2.45 bits per heavy atom. The van der Waals surface area contributed by atoms with Crippen molar-refractivity contribution in [1.29, 1.82) is 0 Å². The highest BCUT2D eigenvalue weighted by Crippen LogP contribution is 2.33. The number of hydrogen-bond acceptors (Lipinski definition) is 7. The van der Waals surface area contributed by atoms with Crippen LogP contribution in [0, 0.1) is 17.3 Å². The van der Waals surface area contributed by atoms with Gasteiger partial charge in [0.2, 0.25) is 11.8 Å². The lowest BCUT2D eigenvalue weighted by atomic mass is 9.85. The Hall–Kier alpha value is -4.36. The Morgan fingerprint density at radius 1 is 1.12 bits per heavy atom. The molecule has 3 amide bonds. The molecule has 2 aliphatic rings. The number of rotatable bonds is 9. The van der Waals surface area contributed by atoms with Crippen molar-refractivity contribution in [2.75, 3.05) is 46.9 Å². The highest BCUT2D eigenvalue weighted by atomic mass is 16.5. The number of benzene rings is 2. The van der Waals surface area contributed by atoms with Crippen molar-refractivity contribution < 1.29 is 24.3 Å². The summed E-state index contributed by atoms with van der Waals surface area (Å²) >= 11 is 0. The van der Waals surface area contributed by atoms with Gasteiger partial charge < -0.3 is 24.6 Å². The largest absolute Gasteiger partial charge is 0.497 e. The molecule has 2 N–H and O–H groups in total. The molecule has 210 valence electrons. The third-order valence-corrected chi connectivity index (χ3v) is 7.50. The SMILES string of the molecule is CCN(CC)CCN(C)/C(=N\O)c1ccc(C#C[C@]2(CN3Cc4ccc(OC)cc4C3=O)CC(=O)NC2=O)cc1. The maximum absolute atomic E-state index is 13.1. The first-order chi connectivity index (χ1) is 19.2. The summed E-state index contributed by atoms with van der Waals surface area (Å²) in [6.45, 7) is 7.96.